The smallest absolute Gasteiger partial charge is 0.435 e. The second-order valence-electron chi connectivity index (χ2n) is 3.31. The average Bonchev–Trinajstić information content (AvgIpc) is 2.82. The van der Waals surface area contributed by atoms with Crippen LogP contribution in [0.25, 0.3) is 10.2 Å². The molecule has 0 aliphatic carbocycles. The third kappa shape index (κ3) is 2.22. The third-order valence-electron chi connectivity index (χ3n) is 2.14. The fraction of sp³-hybridized carbons (Fsp3) is 0.400. The van der Waals surface area contributed by atoms with Crippen molar-refractivity contribution >= 4 is 50.2 Å². The Morgan fingerprint density at radius 1 is 1.69 bits per heavy atom. The van der Waals surface area contributed by atoms with E-state index in [4.69, 9.17) is 4.74 Å². The minimum Gasteiger partial charge on any atom is -0.448 e. The number of aromatic nitrogens is 2. The molecule has 0 unspecified atom stereocenters. The monoisotopic (exact) mass is 350 g/mol. The predicted octanol–water partition coefficient (Wildman–Crippen LogP) is 3.49. The van der Waals surface area contributed by atoms with E-state index < -0.39 is 0 Å². The lowest BCUT2D eigenvalue weighted by Gasteiger charge is -2.03. The van der Waals surface area contributed by atoms with Gasteiger partial charge in [0.15, 0.2) is 0 Å². The number of ether oxygens (including phenoxy) is 1. The molecule has 0 radical (unpaired) electrons. The largest absolute Gasteiger partial charge is 0.448 e. The maximum absolute atomic E-state index is 11.7. The van der Waals surface area contributed by atoms with E-state index in [0.717, 1.165) is 26.8 Å². The molecule has 0 saturated heterocycles. The van der Waals surface area contributed by atoms with E-state index in [2.05, 4.69) is 34.6 Å². The summed E-state index contributed by atoms with van der Waals surface area (Å²) in [5.41, 5.74) is 0. The average molecular weight is 350 g/mol. The van der Waals surface area contributed by atoms with Crippen LogP contribution >= 0.6 is 33.9 Å². The van der Waals surface area contributed by atoms with Crippen molar-refractivity contribution in [3.05, 3.63) is 15.1 Å². The highest BCUT2D eigenvalue weighted by Gasteiger charge is 2.16. The van der Waals surface area contributed by atoms with Crippen LogP contribution in [0.2, 0.25) is 0 Å². The summed E-state index contributed by atoms with van der Waals surface area (Å²) in [5, 5.41) is 7.18. The summed E-state index contributed by atoms with van der Waals surface area (Å²) in [6, 6.07) is 1.96. The molecule has 2 heterocycles. The van der Waals surface area contributed by atoms with Gasteiger partial charge in [0.25, 0.3) is 0 Å². The third-order valence-corrected chi connectivity index (χ3v) is 3.98. The molecule has 2 aromatic heterocycles. The van der Waals surface area contributed by atoms with Crippen molar-refractivity contribution in [2.75, 3.05) is 6.61 Å². The lowest BCUT2D eigenvalue weighted by Crippen LogP contribution is -2.17. The Labute approximate surface area is 111 Å². The van der Waals surface area contributed by atoms with Gasteiger partial charge in [-0.1, -0.05) is 13.3 Å². The molecule has 0 fully saturated rings. The highest BCUT2D eigenvalue weighted by molar-refractivity contribution is 14.1. The number of fused-ring (bicyclic) bond motifs is 1. The van der Waals surface area contributed by atoms with E-state index in [0.29, 0.717) is 6.61 Å². The summed E-state index contributed by atoms with van der Waals surface area (Å²) in [5.74, 6) is 0. The molecule has 6 heteroatoms. The topological polar surface area (TPSA) is 44.1 Å². The predicted molar refractivity (Wildman–Crippen MR) is 72.0 cm³/mol. The molecule has 0 aromatic carbocycles. The maximum atomic E-state index is 11.7. The van der Waals surface area contributed by atoms with E-state index >= 15 is 0 Å². The first kappa shape index (κ1) is 11.8. The van der Waals surface area contributed by atoms with Gasteiger partial charge in [0, 0.05) is 5.39 Å². The molecule has 0 atom stereocenters. The highest BCUT2D eigenvalue weighted by Crippen LogP contribution is 2.24. The van der Waals surface area contributed by atoms with Crippen molar-refractivity contribution in [2.24, 2.45) is 0 Å². The van der Waals surface area contributed by atoms with Gasteiger partial charge in [0.1, 0.15) is 8.53 Å². The van der Waals surface area contributed by atoms with Crippen molar-refractivity contribution in [3.8, 4) is 0 Å². The van der Waals surface area contributed by atoms with Gasteiger partial charge >= 0.3 is 6.09 Å². The molecule has 4 nitrogen and oxygen atoms in total. The number of thiophene rings is 1. The SMILES string of the molecule is CCCCOC(=O)n1nc2sccc2c1I. The Kier molecular flexibility index (Phi) is 3.80. The quantitative estimate of drug-likeness (QED) is 0.629. The molecule has 0 N–H and O–H groups in total. The zero-order valence-corrected chi connectivity index (χ0v) is 11.7. The normalized spacial score (nSPS) is 10.9. The molecular formula is C10H11IN2O2S. The van der Waals surface area contributed by atoms with Crippen LogP contribution in [0.5, 0.6) is 0 Å². The summed E-state index contributed by atoms with van der Waals surface area (Å²) in [7, 11) is 0. The highest BCUT2D eigenvalue weighted by atomic mass is 127. The van der Waals surface area contributed by atoms with Crippen LogP contribution in [0, 0.1) is 3.70 Å². The molecule has 0 amide bonds. The first-order valence-corrected chi connectivity index (χ1v) is 6.98. The van der Waals surface area contributed by atoms with Crippen molar-refractivity contribution in [2.45, 2.75) is 19.8 Å². The first-order valence-electron chi connectivity index (χ1n) is 5.03. The molecule has 2 rings (SSSR count). The van der Waals surface area contributed by atoms with Gasteiger partial charge in [-0.2, -0.15) is 9.78 Å². The van der Waals surface area contributed by atoms with E-state index in [9.17, 15) is 4.79 Å². The lowest BCUT2D eigenvalue weighted by atomic mass is 10.4. The number of nitrogens with zero attached hydrogens (tertiary/aromatic N) is 2. The zero-order chi connectivity index (χ0) is 11.5. The fourth-order valence-electron chi connectivity index (χ4n) is 1.27. The number of unbranched alkanes of at least 4 members (excludes halogenated alkanes) is 1. The van der Waals surface area contributed by atoms with E-state index in [1.807, 2.05) is 11.4 Å². The molecule has 86 valence electrons. The molecule has 0 bridgehead atoms. The van der Waals surface area contributed by atoms with Crippen molar-refractivity contribution in [1.29, 1.82) is 0 Å². The Balaban J connectivity index is 2.16. The Morgan fingerprint density at radius 2 is 2.50 bits per heavy atom. The van der Waals surface area contributed by atoms with E-state index in [1.54, 1.807) is 0 Å². The Hall–Kier alpha value is -0.630. The standard InChI is InChI=1S/C10H11IN2O2S/c1-2-3-5-15-10(14)13-8(11)7-4-6-16-9(7)12-13/h4,6H,2-3,5H2,1H3. The van der Waals surface area contributed by atoms with Crippen LogP contribution in [0.4, 0.5) is 4.79 Å². The number of hydrogen-bond donors (Lipinski definition) is 0. The van der Waals surface area contributed by atoms with Gasteiger partial charge in [0.05, 0.1) is 6.61 Å². The summed E-state index contributed by atoms with van der Waals surface area (Å²) < 4.78 is 7.26. The lowest BCUT2D eigenvalue weighted by molar-refractivity contribution is 0.142. The van der Waals surface area contributed by atoms with Crippen LogP contribution in [0.15, 0.2) is 11.4 Å². The molecule has 16 heavy (non-hydrogen) atoms. The van der Waals surface area contributed by atoms with Crippen molar-refractivity contribution in [3.63, 3.8) is 0 Å². The first-order chi connectivity index (χ1) is 7.74. The second kappa shape index (κ2) is 5.13. The van der Waals surface area contributed by atoms with Gasteiger partial charge in [-0.15, -0.1) is 11.3 Å². The number of rotatable bonds is 3. The number of halogens is 1. The molecular weight excluding hydrogens is 339 g/mol. The summed E-state index contributed by atoms with van der Waals surface area (Å²) in [6.45, 7) is 2.51. The maximum Gasteiger partial charge on any atom is 0.435 e. The van der Waals surface area contributed by atoms with Gasteiger partial charge in [-0.05, 0) is 40.5 Å². The van der Waals surface area contributed by atoms with Crippen LogP contribution in [0.3, 0.4) is 0 Å². The van der Waals surface area contributed by atoms with E-state index in [1.165, 1.54) is 16.0 Å². The molecule has 2 aromatic rings. The van der Waals surface area contributed by atoms with Gasteiger partial charge in [-0.3, -0.25) is 0 Å². The molecule has 0 aliphatic heterocycles. The number of carbonyl (C=O) groups is 1. The molecule has 0 aliphatic rings. The molecule has 0 spiro atoms. The van der Waals surface area contributed by atoms with Crippen LogP contribution < -0.4 is 0 Å². The fourth-order valence-corrected chi connectivity index (χ4v) is 2.95. The summed E-state index contributed by atoms with van der Waals surface area (Å²) in [4.78, 5) is 12.6. The van der Waals surface area contributed by atoms with Crippen LogP contribution in [-0.2, 0) is 4.74 Å². The van der Waals surface area contributed by atoms with Crippen molar-refractivity contribution < 1.29 is 9.53 Å². The van der Waals surface area contributed by atoms with Gasteiger partial charge in [0.2, 0.25) is 0 Å². The minimum atomic E-state index is -0.388. The minimum absolute atomic E-state index is 0.388. The summed E-state index contributed by atoms with van der Waals surface area (Å²) >= 11 is 3.64. The Morgan fingerprint density at radius 3 is 3.19 bits per heavy atom. The molecule has 0 saturated carbocycles. The van der Waals surface area contributed by atoms with Gasteiger partial charge in [-0.25, -0.2) is 4.79 Å². The van der Waals surface area contributed by atoms with Crippen molar-refractivity contribution in [1.82, 2.24) is 9.78 Å². The second-order valence-corrected chi connectivity index (χ2v) is 5.23. The summed E-state index contributed by atoms with van der Waals surface area (Å²) in [6.07, 6.45) is 1.51. The Bertz CT molecular complexity index is 506. The zero-order valence-electron chi connectivity index (χ0n) is 8.77. The van der Waals surface area contributed by atoms with Gasteiger partial charge < -0.3 is 4.74 Å². The van der Waals surface area contributed by atoms with Crippen LogP contribution in [-0.4, -0.2) is 22.5 Å². The van der Waals surface area contributed by atoms with Crippen LogP contribution in [0.1, 0.15) is 19.8 Å². The van der Waals surface area contributed by atoms with E-state index in [-0.39, 0.29) is 6.09 Å². The number of carbonyl (C=O) groups excluding carboxylic acids is 1. The number of hydrogen-bond acceptors (Lipinski definition) is 4.